The molecule has 0 aliphatic carbocycles. The summed E-state index contributed by atoms with van der Waals surface area (Å²) in [7, 11) is 0. The number of benzene rings is 1. The van der Waals surface area contributed by atoms with Crippen molar-refractivity contribution in [2.24, 2.45) is 0 Å². The van der Waals surface area contributed by atoms with E-state index in [1.54, 1.807) is 6.20 Å². The number of esters is 1. The van der Waals surface area contributed by atoms with Crippen LogP contribution in [-0.2, 0) is 29.2 Å². The van der Waals surface area contributed by atoms with Crippen LogP contribution in [0.5, 0.6) is 5.88 Å². The number of ether oxygens (including phenoxy) is 3. The summed E-state index contributed by atoms with van der Waals surface area (Å²) in [6.07, 6.45) is 5.02. The molecule has 1 unspecified atom stereocenters. The number of piperidine rings is 1. The monoisotopic (exact) mass is 608 g/mol. The fourth-order valence-electron chi connectivity index (χ4n) is 6.18. The van der Waals surface area contributed by atoms with Crippen LogP contribution in [0, 0.1) is 0 Å². The summed E-state index contributed by atoms with van der Waals surface area (Å²) in [6, 6.07) is 19.8. The highest BCUT2D eigenvalue weighted by Crippen LogP contribution is 2.30. The molecule has 0 saturated carbocycles. The van der Waals surface area contributed by atoms with Crippen LogP contribution in [0.15, 0.2) is 66.9 Å². The standard InChI is InChI=1S/C35H40N6O4/c1-35(2,3)45-34(42)25-10-11-30-31(20-25)40(21-28-15-19-43-28)32(37-30)22-39-17-13-24(14-18-39)29-8-5-9-33(38-29)44-23-27-7-4-6-26-12-16-36-41(26)27/h4-12,16,20,24,28H,13-15,17-19,21-23H2,1-3H3. The van der Waals surface area contributed by atoms with Crippen LogP contribution in [0.4, 0.5) is 0 Å². The van der Waals surface area contributed by atoms with E-state index in [2.05, 4.69) is 20.6 Å². The van der Waals surface area contributed by atoms with Gasteiger partial charge in [-0.1, -0.05) is 12.1 Å². The SMILES string of the molecule is CC(C)(C)OC(=O)c1ccc2nc(CN3CCC(c4cccc(OCc5cccc6ccnn56)n4)CC3)n(CC3CCO3)c2c1. The van der Waals surface area contributed by atoms with E-state index in [9.17, 15) is 4.79 Å². The first-order valence-corrected chi connectivity index (χ1v) is 15.9. The molecule has 2 aliphatic rings. The molecule has 0 bridgehead atoms. The minimum Gasteiger partial charge on any atom is -0.471 e. The van der Waals surface area contributed by atoms with Gasteiger partial charge in [-0.25, -0.2) is 19.3 Å². The molecule has 6 heterocycles. The summed E-state index contributed by atoms with van der Waals surface area (Å²) in [5.41, 5.74) is 4.92. The number of rotatable bonds is 9. The predicted molar refractivity (Wildman–Crippen MR) is 170 cm³/mol. The van der Waals surface area contributed by atoms with Gasteiger partial charge in [0.15, 0.2) is 0 Å². The molecule has 2 aliphatic heterocycles. The van der Waals surface area contributed by atoms with E-state index >= 15 is 0 Å². The average molecular weight is 609 g/mol. The van der Waals surface area contributed by atoms with Gasteiger partial charge in [0.05, 0.1) is 47.0 Å². The Hall–Kier alpha value is -4.28. The van der Waals surface area contributed by atoms with Crippen molar-refractivity contribution < 1.29 is 19.0 Å². The Morgan fingerprint density at radius 1 is 1.00 bits per heavy atom. The maximum Gasteiger partial charge on any atom is 0.338 e. The van der Waals surface area contributed by atoms with Crippen LogP contribution in [-0.4, -0.2) is 66.4 Å². The molecule has 0 N–H and O–H groups in total. The first kappa shape index (κ1) is 29.4. The second kappa shape index (κ2) is 12.3. The van der Waals surface area contributed by atoms with Gasteiger partial charge in [-0.05, 0) is 95.6 Å². The highest BCUT2D eigenvalue weighted by atomic mass is 16.6. The molecule has 10 nitrogen and oxygen atoms in total. The van der Waals surface area contributed by atoms with Crippen molar-refractivity contribution in [3.05, 3.63) is 89.6 Å². The Morgan fingerprint density at radius 3 is 2.60 bits per heavy atom. The molecule has 45 heavy (non-hydrogen) atoms. The lowest BCUT2D eigenvalue weighted by Gasteiger charge is -2.32. The smallest absolute Gasteiger partial charge is 0.338 e. The Labute approximate surface area is 262 Å². The Balaban J connectivity index is 1.02. The molecule has 0 radical (unpaired) electrons. The molecular weight excluding hydrogens is 568 g/mol. The summed E-state index contributed by atoms with van der Waals surface area (Å²) in [4.78, 5) is 25.2. The van der Waals surface area contributed by atoms with E-state index in [1.165, 1.54) is 0 Å². The molecule has 7 rings (SSSR count). The van der Waals surface area contributed by atoms with Gasteiger partial charge in [0.1, 0.15) is 18.0 Å². The van der Waals surface area contributed by atoms with Crippen molar-refractivity contribution in [1.29, 1.82) is 0 Å². The third-order valence-corrected chi connectivity index (χ3v) is 8.63. The van der Waals surface area contributed by atoms with Gasteiger partial charge in [-0.2, -0.15) is 5.10 Å². The van der Waals surface area contributed by atoms with Crippen molar-refractivity contribution in [2.45, 2.75) is 77.4 Å². The second-order valence-electron chi connectivity index (χ2n) is 13.1. The van der Waals surface area contributed by atoms with Crippen LogP contribution < -0.4 is 4.74 Å². The maximum atomic E-state index is 12.8. The van der Waals surface area contributed by atoms with Crippen molar-refractivity contribution in [1.82, 2.24) is 29.0 Å². The Bertz CT molecular complexity index is 1810. The van der Waals surface area contributed by atoms with Crippen molar-refractivity contribution in [2.75, 3.05) is 19.7 Å². The zero-order chi connectivity index (χ0) is 31.0. The van der Waals surface area contributed by atoms with E-state index in [0.29, 0.717) is 24.0 Å². The number of likely N-dealkylation sites (tertiary alicyclic amines) is 1. The van der Waals surface area contributed by atoms with E-state index in [-0.39, 0.29) is 12.1 Å². The maximum absolute atomic E-state index is 12.8. The highest BCUT2D eigenvalue weighted by Gasteiger charge is 2.27. The molecule has 1 aromatic carbocycles. The Kier molecular flexibility index (Phi) is 8.01. The summed E-state index contributed by atoms with van der Waals surface area (Å²) < 4.78 is 21.7. The van der Waals surface area contributed by atoms with Gasteiger partial charge in [-0.3, -0.25) is 4.90 Å². The predicted octanol–water partition coefficient (Wildman–Crippen LogP) is 5.78. The van der Waals surface area contributed by atoms with Gasteiger partial charge in [0.25, 0.3) is 0 Å². The summed E-state index contributed by atoms with van der Waals surface area (Å²) >= 11 is 0. The average Bonchev–Trinajstić information content (AvgIpc) is 3.62. The molecule has 2 saturated heterocycles. The van der Waals surface area contributed by atoms with Gasteiger partial charge >= 0.3 is 5.97 Å². The number of carbonyl (C=O) groups is 1. The third kappa shape index (κ3) is 6.57. The summed E-state index contributed by atoms with van der Waals surface area (Å²) in [6.45, 7) is 10.2. The molecule has 5 aromatic rings. The largest absolute Gasteiger partial charge is 0.471 e. The lowest BCUT2D eigenvalue weighted by atomic mass is 9.93. The van der Waals surface area contributed by atoms with E-state index in [1.807, 2.05) is 79.9 Å². The zero-order valence-corrected chi connectivity index (χ0v) is 26.2. The van der Waals surface area contributed by atoms with Crippen LogP contribution in [0.25, 0.3) is 16.6 Å². The zero-order valence-electron chi connectivity index (χ0n) is 26.2. The number of pyridine rings is 2. The van der Waals surface area contributed by atoms with Crippen LogP contribution in [0.2, 0.25) is 0 Å². The van der Waals surface area contributed by atoms with E-state index < -0.39 is 5.60 Å². The highest BCUT2D eigenvalue weighted by molar-refractivity contribution is 5.94. The van der Waals surface area contributed by atoms with E-state index in [4.69, 9.17) is 24.2 Å². The first-order valence-electron chi connectivity index (χ1n) is 15.9. The van der Waals surface area contributed by atoms with Gasteiger partial charge < -0.3 is 18.8 Å². The number of carbonyl (C=O) groups excluding carboxylic acids is 1. The molecule has 0 spiro atoms. The number of aromatic nitrogens is 5. The van der Waals surface area contributed by atoms with Crippen LogP contribution in [0.1, 0.15) is 73.5 Å². The number of hydrogen-bond donors (Lipinski definition) is 0. The normalized spacial score (nSPS) is 17.9. The molecule has 4 aromatic heterocycles. The fraction of sp³-hybridized carbons (Fsp3) is 0.429. The first-order chi connectivity index (χ1) is 21.8. The fourth-order valence-corrected chi connectivity index (χ4v) is 6.18. The minimum atomic E-state index is -0.553. The van der Waals surface area contributed by atoms with Crippen molar-refractivity contribution >= 4 is 22.5 Å². The molecular formula is C35H40N6O4. The molecule has 2 fully saturated rings. The quantitative estimate of drug-likeness (QED) is 0.194. The van der Waals surface area contributed by atoms with Crippen molar-refractivity contribution in [3.63, 3.8) is 0 Å². The molecule has 234 valence electrons. The number of fused-ring (bicyclic) bond motifs is 2. The lowest BCUT2D eigenvalue weighted by molar-refractivity contribution is -0.0592. The topological polar surface area (TPSA) is 96.0 Å². The van der Waals surface area contributed by atoms with Gasteiger partial charge in [-0.15, -0.1) is 0 Å². The summed E-state index contributed by atoms with van der Waals surface area (Å²) in [5, 5.41) is 4.40. The van der Waals surface area contributed by atoms with Gasteiger partial charge in [0, 0.05) is 30.5 Å². The lowest BCUT2D eigenvalue weighted by Crippen LogP contribution is -2.35. The van der Waals surface area contributed by atoms with Crippen LogP contribution in [0.3, 0.4) is 0 Å². The minimum absolute atomic E-state index is 0.171. The van der Waals surface area contributed by atoms with Crippen molar-refractivity contribution in [3.8, 4) is 5.88 Å². The van der Waals surface area contributed by atoms with Crippen LogP contribution >= 0.6 is 0 Å². The third-order valence-electron chi connectivity index (χ3n) is 8.63. The number of hydrogen-bond acceptors (Lipinski definition) is 8. The number of nitrogens with zero attached hydrogens (tertiary/aromatic N) is 6. The Morgan fingerprint density at radius 2 is 1.82 bits per heavy atom. The second-order valence-corrected chi connectivity index (χ2v) is 13.1. The molecule has 1 atom stereocenters. The molecule has 10 heteroatoms. The molecule has 0 amide bonds. The van der Waals surface area contributed by atoms with E-state index in [0.717, 1.165) is 85.8 Å². The van der Waals surface area contributed by atoms with Gasteiger partial charge in [0.2, 0.25) is 5.88 Å². The summed E-state index contributed by atoms with van der Waals surface area (Å²) in [5.74, 6) is 1.69. The number of imidazole rings is 1.